The van der Waals surface area contributed by atoms with E-state index in [1.165, 1.54) is 12.1 Å². The van der Waals surface area contributed by atoms with Crippen LogP contribution in [-0.2, 0) is 0 Å². The molecule has 1 rings (SSSR count). The molecule has 1 aromatic rings. The maximum Gasteiger partial charge on any atom is 0.418 e. The molecule has 2 nitrogen and oxygen atoms in total. The third kappa shape index (κ3) is 2.39. The predicted molar refractivity (Wildman–Crippen MR) is 49.6 cm³/mol. The molecule has 0 aliphatic carbocycles. The van der Waals surface area contributed by atoms with E-state index in [4.69, 9.17) is 10.8 Å². The van der Waals surface area contributed by atoms with Crippen LogP contribution in [0, 0.1) is 0 Å². The van der Waals surface area contributed by atoms with E-state index in [0.29, 0.717) is 4.47 Å². The van der Waals surface area contributed by atoms with E-state index in [2.05, 4.69) is 15.9 Å². The Balaban J connectivity index is 3.08. The summed E-state index contributed by atoms with van der Waals surface area (Å²) in [4.78, 5) is 0. The monoisotopic (exact) mass is 269 g/mol. The lowest BCUT2D eigenvalue weighted by Crippen LogP contribution is -2.21. The van der Waals surface area contributed by atoms with Gasteiger partial charge >= 0.3 is 6.18 Å². The van der Waals surface area contributed by atoms with Gasteiger partial charge in [-0.1, -0.05) is 22.0 Å². The quantitative estimate of drug-likeness (QED) is 0.770. The first-order valence-electron chi connectivity index (χ1n) is 3.62. The number of nitrogens with two attached hydrogens (primary N) is 1. The minimum Gasteiger partial charge on any atom is -0.398 e. The summed E-state index contributed by atoms with van der Waals surface area (Å²) < 4.78 is 36.9. The van der Waals surface area contributed by atoms with Gasteiger partial charge in [0.05, 0.1) is 0 Å². The number of rotatable bonds is 1. The van der Waals surface area contributed by atoms with Crippen LogP contribution in [0.15, 0.2) is 22.7 Å². The number of nitrogen functional groups attached to an aromatic ring is 1. The van der Waals surface area contributed by atoms with Crippen molar-refractivity contribution in [3.05, 3.63) is 28.2 Å². The number of aliphatic hydroxyl groups is 1. The molecule has 0 unspecified atom stereocenters. The van der Waals surface area contributed by atoms with Gasteiger partial charge in [-0.05, 0) is 12.1 Å². The zero-order valence-corrected chi connectivity index (χ0v) is 8.43. The molecular formula is C8H7BrF3NO. The molecule has 0 aliphatic heterocycles. The molecule has 0 fully saturated rings. The normalized spacial score (nSPS) is 14.1. The summed E-state index contributed by atoms with van der Waals surface area (Å²) in [6, 6.07) is 3.84. The van der Waals surface area contributed by atoms with Gasteiger partial charge in [-0.3, -0.25) is 0 Å². The molecule has 0 radical (unpaired) electrons. The van der Waals surface area contributed by atoms with Crippen molar-refractivity contribution in [3.8, 4) is 0 Å². The smallest absolute Gasteiger partial charge is 0.398 e. The van der Waals surface area contributed by atoms with E-state index >= 15 is 0 Å². The average molecular weight is 270 g/mol. The summed E-state index contributed by atoms with van der Waals surface area (Å²) in [5, 5.41) is 8.91. The van der Waals surface area contributed by atoms with Crippen LogP contribution in [0.25, 0.3) is 0 Å². The Morgan fingerprint density at radius 2 is 1.93 bits per heavy atom. The second kappa shape index (κ2) is 3.78. The van der Waals surface area contributed by atoms with Crippen molar-refractivity contribution in [2.45, 2.75) is 12.3 Å². The number of anilines is 1. The lowest BCUT2D eigenvalue weighted by Gasteiger charge is -2.16. The molecule has 0 saturated carbocycles. The van der Waals surface area contributed by atoms with Crippen molar-refractivity contribution in [1.29, 1.82) is 0 Å². The Morgan fingerprint density at radius 3 is 2.36 bits per heavy atom. The van der Waals surface area contributed by atoms with Gasteiger partial charge in [-0.25, -0.2) is 0 Å². The van der Waals surface area contributed by atoms with E-state index in [1.807, 2.05) is 0 Å². The van der Waals surface area contributed by atoms with Gasteiger partial charge in [-0.2, -0.15) is 13.2 Å². The second-order valence-electron chi connectivity index (χ2n) is 2.72. The highest BCUT2D eigenvalue weighted by Gasteiger charge is 2.40. The zero-order chi connectivity index (χ0) is 10.9. The first-order valence-corrected chi connectivity index (χ1v) is 4.41. The van der Waals surface area contributed by atoms with E-state index in [1.54, 1.807) is 0 Å². The summed E-state index contributed by atoms with van der Waals surface area (Å²) in [6.45, 7) is 0. The predicted octanol–water partition coefficient (Wildman–Crippen LogP) is 2.63. The molecule has 0 heterocycles. The fourth-order valence-corrected chi connectivity index (χ4v) is 1.35. The molecule has 0 aliphatic rings. The summed E-state index contributed by atoms with van der Waals surface area (Å²) >= 11 is 3.05. The van der Waals surface area contributed by atoms with Gasteiger partial charge in [0.25, 0.3) is 0 Å². The third-order valence-electron chi connectivity index (χ3n) is 1.65. The molecular weight excluding hydrogens is 263 g/mol. The van der Waals surface area contributed by atoms with Crippen LogP contribution in [0.2, 0.25) is 0 Å². The number of benzene rings is 1. The van der Waals surface area contributed by atoms with Crippen LogP contribution in [-0.4, -0.2) is 11.3 Å². The Hall–Kier alpha value is -0.750. The largest absolute Gasteiger partial charge is 0.418 e. The number of aliphatic hydroxyl groups excluding tert-OH is 1. The van der Waals surface area contributed by atoms with E-state index in [9.17, 15) is 13.2 Å². The topological polar surface area (TPSA) is 46.2 Å². The van der Waals surface area contributed by atoms with Crippen LogP contribution in [0.5, 0.6) is 0 Å². The van der Waals surface area contributed by atoms with Crippen LogP contribution in [0.3, 0.4) is 0 Å². The molecule has 1 atom stereocenters. The van der Waals surface area contributed by atoms with E-state index in [-0.39, 0.29) is 11.3 Å². The SMILES string of the molecule is Nc1cc(Br)ccc1[C@H](O)C(F)(F)F. The molecule has 1 aromatic carbocycles. The first-order chi connectivity index (χ1) is 6.32. The maximum absolute atomic E-state index is 12.1. The van der Waals surface area contributed by atoms with E-state index < -0.39 is 12.3 Å². The van der Waals surface area contributed by atoms with Crippen LogP contribution < -0.4 is 5.73 Å². The molecule has 0 aromatic heterocycles. The van der Waals surface area contributed by atoms with Crippen molar-refractivity contribution >= 4 is 21.6 Å². The van der Waals surface area contributed by atoms with Crippen molar-refractivity contribution in [3.63, 3.8) is 0 Å². The van der Waals surface area contributed by atoms with Crippen molar-refractivity contribution in [1.82, 2.24) is 0 Å². The molecule has 0 saturated heterocycles. The molecule has 3 N–H and O–H groups in total. The summed E-state index contributed by atoms with van der Waals surface area (Å²) in [5.41, 5.74) is 4.90. The number of hydrogen-bond donors (Lipinski definition) is 2. The zero-order valence-electron chi connectivity index (χ0n) is 6.85. The van der Waals surface area contributed by atoms with Crippen LogP contribution in [0.1, 0.15) is 11.7 Å². The summed E-state index contributed by atoms with van der Waals surface area (Å²) in [5.74, 6) is 0. The van der Waals surface area contributed by atoms with Gasteiger partial charge in [0.2, 0.25) is 0 Å². The highest BCUT2D eigenvalue weighted by atomic mass is 79.9. The summed E-state index contributed by atoms with van der Waals surface area (Å²) in [6.07, 6.45) is -7.22. The Bertz CT molecular complexity index is 340. The molecule has 6 heteroatoms. The second-order valence-corrected chi connectivity index (χ2v) is 3.63. The molecule has 0 spiro atoms. The van der Waals surface area contributed by atoms with Crippen LogP contribution >= 0.6 is 15.9 Å². The molecule has 0 amide bonds. The Morgan fingerprint density at radius 1 is 1.36 bits per heavy atom. The van der Waals surface area contributed by atoms with Crippen molar-refractivity contribution in [2.24, 2.45) is 0 Å². The standard InChI is InChI=1S/C8H7BrF3NO/c9-4-1-2-5(6(13)3-4)7(14)8(10,11)12/h1-3,7,14H,13H2/t7-/m0/s1. The summed E-state index contributed by atoms with van der Waals surface area (Å²) in [7, 11) is 0. The highest BCUT2D eigenvalue weighted by molar-refractivity contribution is 9.10. The fourth-order valence-electron chi connectivity index (χ4n) is 0.971. The highest BCUT2D eigenvalue weighted by Crippen LogP contribution is 2.35. The van der Waals surface area contributed by atoms with Gasteiger partial charge < -0.3 is 10.8 Å². The Labute approximate surface area is 86.7 Å². The van der Waals surface area contributed by atoms with Gasteiger partial charge in [0.15, 0.2) is 6.10 Å². The minimum atomic E-state index is -4.69. The number of hydrogen-bond acceptors (Lipinski definition) is 2. The minimum absolute atomic E-state index is 0.0933. The third-order valence-corrected chi connectivity index (χ3v) is 2.15. The van der Waals surface area contributed by atoms with E-state index in [0.717, 1.165) is 6.07 Å². The maximum atomic E-state index is 12.1. The molecule has 0 bridgehead atoms. The van der Waals surface area contributed by atoms with Gasteiger partial charge in [0, 0.05) is 15.7 Å². The number of alkyl halides is 3. The van der Waals surface area contributed by atoms with Crippen molar-refractivity contribution in [2.75, 3.05) is 5.73 Å². The number of halogens is 4. The lowest BCUT2D eigenvalue weighted by molar-refractivity contribution is -0.206. The molecule has 14 heavy (non-hydrogen) atoms. The Kier molecular flexibility index (Phi) is 3.06. The van der Waals surface area contributed by atoms with Gasteiger partial charge in [0.1, 0.15) is 0 Å². The average Bonchev–Trinajstić information content (AvgIpc) is 2.01. The van der Waals surface area contributed by atoms with Crippen LogP contribution in [0.4, 0.5) is 18.9 Å². The molecule has 78 valence electrons. The van der Waals surface area contributed by atoms with Crippen molar-refractivity contribution < 1.29 is 18.3 Å². The first kappa shape index (κ1) is 11.3. The fraction of sp³-hybridized carbons (Fsp3) is 0.250. The lowest BCUT2D eigenvalue weighted by atomic mass is 10.1. The van der Waals surface area contributed by atoms with Gasteiger partial charge in [-0.15, -0.1) is 0 Å².